The van der Waals surface area contributed by atoms with Gasteiger partial charge in [0.1, 0.15) is 11.5 Å². The third-order valence-electron chi connectivity index (χ3n) is 3.02. The third kappa shape index (κ3) is 4.46. The zero-order chi connectivity index (χ0) is 15.8. The zero-order valence-electron chi connectivity index (χ0n) is 12.6. The lowest BCUT2D eigenvalue weighted by Crippen LogP contribution is -2.27. The molecular weight excluding hydrogens is 282 g/mol. The van der Waals surface area contributed by atoms with Crippen LogP contribution in [0.25, 0.3) is 0 Å². The van der Waals surface area contributed by atoms with Gasteiger partial charge in [-0.25, -0.2) is 0 Å². The Morgan fingerprint density at radius 3 is 2.77 bits per heavy atom. The van der Waals surface area contributed by atoms with Gasteiger partial charge in [0, 0.05) is 25.0 Å². The van der Waals surface area contributed by atoms with E-state index in [0.29, 0.717) is 23.7 Å². The molecule has 1 aromatic carbocycles. The number of pyridine rings is 1. The lowest BCUT2D eigenvalue weighted by Gasteiger charge is -2.12. The summed E-state index contributed by atoms with van der Waals surface area (Å²) in [6.45, 7) is 0.770. The number of carbonyl (C=O) groups is 1. The first-order chi connectivity index (χ1) is 10.7. The van der Waals surface area contributed by atoms with Gasteiger partial charge in [-0.05, 0) is 23.8 Å². The van der Waals surface area contributed by atoms with Gasteiger partial charge in [-0.1, -0.05) is 6.07 Å². The summed E-state index contributed by atoms with van der Waals surface area (Å²) in [5, 5.41) is 5.86. The first kappa shape index (κ1) is 15.8. The number of methoxy groups -OCH3 is 2. The maximum atomic E-state index is 12.0. The molecule has 2 aromatic rings. The minimum atomic E-state index is -0.157. The monoisotopic (exact) mass is 301 g/mol. The Hall–Kier alpha value is -2.60. The fraction of sp³-hybridized carbons (Fsp3) is 0.250. The van der Waals surface area contributed by atoms with Crippen molar-refractivity contribution in [2.75, 3.05) is 26.1 Å². The van der Waals surface area contributed by atoms with E-state index in [0.717, 1.165) is 5.56 Å². The van der Waals surface area contributed by atoms with Gasteiger partial charge in [-0.15, -0.1) is 0 Å². The number of hydrogen-bond acceptors (Lipinski definition) is 5. The topological polar surface area (TPSA) is 72.5 Å². The second kappa shape index (κ2) is 7.99. The largest absolute Gasteiger partial charge is 0.497 e. The summed E-state index contributed by atoms with van der Waals surface area (Å²) in [6, 6.07) is 9.05. The SMILES string of the molecule is COc1ccc(OC)c(NC(=O)CNCc2cccnc2)c1. The van der Waals surface area contributed by atoms with Gasteiger partial charge in [0.2, 0.25) is 5.91 Å². The number of anilines is 1. The second-order valence-corrected chi connectivity index (χ2v) is 4.58. The van der Waals surface area contributed by atoms with Crippen LogP contribution in [0.3, 0.4) is 0 Å². The Kier molecular flexibility index (Phi) is 5.73. The van der Waals surface area contributed by atoms with Crippen molar-refractivity contribution in [1.29, 1.82) is 0 Å². The maximum Gasteiger partial charge on any atom is 0.238 e. The highest BCUT2D eigenvalue weighted by Crippen LogP contribution is 2.28. The van der Waals surface area contributed by atoms with E-state index in [9.17, 15) is 4.79 Å². The molecule has 0 unspecified atom stereocenters. The number of rotatable bonds is 7. The molecule has 6 heteroatoms. The summed E-state index contributed by atoms with van der Waals surface area (Å²) in [7, 11) is 3.13. The lowest BCUT2D eigenvalue weighted by atomic mass is 10.2. The number of nitrogens with zero attached hydrogens (tertiary/aromatic N) is 1. The fourth-order valence-electron chi connectivity index (χ4n) is 1.93. The lowest BCUT2D eigenvalue weighted by molar-refractivity contribution is -0.115. The molecule has 116 valence electrons. The Morgan fingerprint density at radius 2 is 2.09 bits per heavy atom. The summed E-state index contributed by atoms with van der Waals surface area (Å²) >= 11 is 0. The Morgan fingerprint density at radius 1 is 1.23 bits per heavy atom. The van der Waals surface area contributed by atoms with E-state index < -0.39 is 0 Å². The quantitative estimate of drug-likeness (QED) is 0.816. The molecule has 0 saturated carbocycles. The van der Waals surface area contributed by atoms with Crippen LogP contribution in [0.1, 0.15) is 5.56 Å². The van der Waals surface area contributed by atoms with E-state index in [1.807, 2.05) is 12.1 Å². The van der Waals surface area contributed by atoms with Gasteiger partial charge < -0.3 is 20.1 Å². The molecule has 22 heavy (non-hydrogen) atoms. The number of amides is 1. The third-order valence-corrected chi connectivity index (χ3v) is 3.02. The van der Waals surface area contributed by atoms with E-state index in [1.54, 1.807) is 44.8 Å². The molecule has 0 saturated heterocycles. The molecule has 0 atom stereocenters. The zero-order valence-corrected chi connectivity index (χ0v) is 12.6. The Bertz CT molecular complexity index is 617. The van der Waals surface area contributed by atoms with Crippen molar-refractivity contribution < 1.29 is 14.3 Å². The molecular formula is C16H19N3O3. The standard InChI is InChI=1S/C16H19N3O3/c1-21-13-5-6-15(22-2)14(8-13)19-16(20)11-18-10-12-4-3-7-17-9-12/h3-9,18H,10-11H2,1-2H3,(H,19,20). The molecule has 0 aliphatic heterocycles. The van der Waals surface area contributed by atoms with Crippen LogP contribution in [0.2, 0.25) is 0 Å². The summed E-state index contributed by atoms with van der Waals surface area (Å²) in [6.07, 6.45) is 3.47. The van der Waals surface area contributed by atoms with Crippen LogP contribution in [0.5, 0.6) is 11.5 Å². The normalized spacial score (nSPS) is 10.1. The minimum Gasteiger partial charge on any atom is -0.497 e. The highest BCUT2D eigenvalue weighted by Gasteiger charge is 2.08. The summed E-state index contributed by atoms with van der Waals surface area (Å²) in [5.41, 5.74) is 1.60. The first-order valence-electron chi connectivity index (χ1n) is 6.84. The summed E-state index contributed by atoms with van der Waals surface area (Å²) in [5.74, 6) is 1.08. The van der Waals surface area contributed by atoms with Crippen molar-refractivity contribution in [2.24, 2.45) is 0 Å². The molecule has 1 heterocycles. The highest BCUT2D eigenvalue weighted by atomic mass is 16.5. The van der Waals surface area contributed by atoms with Crippen molar-refractivity contribution in [3.05, 3.63) is 48.3 Å². The van der Waals surface area contributed by atoms with Crippen LogP contribution in [-0.4, -0.2) is 31.7 Å². The molecule has 0 bridgehead atoms. The van der Waals surface area contributed by atoms with Crippen LogP contribution in [0, 0.1) is 0 Å². The van der Waals surface area contributed by atoms with Crippen molar-refractivity contribution in [3.8, 4) is 11.5 Å². The number of hydrogen-bond donors (Lipinski definition) is 2. The fourth-order valence-corrected chi connectivity index (χ4v) is 1.93. The predicted molar refractivity (Wildman–Crippen MR) is 84.1 cm³/mol. The Balaban J connectivity index is 1.89. The highest BCUT2D eigenvalue weighted by molar-refractivity contribution is 5.93. The smallest absolute Gasteiger partial charge is 0.238 e. The van der Waals surface area contributed by atoms with Crippen LogP contribution < -0.4 is 20.1 Å². The molecule has 2 rings (SSSR count). The van der Waals surface area contributed by atoms with E-state index in [-0.39, 0.29) is 12.5 Å². The maximum absolute atomic E-state index is 12.0. The Labute approximate surface area is 129 Å². The predicted octanol–water partition coefficient (Wildman–Crippen LogP) is 1.83. The number of aromatic nitrogens is 1. The average Bonchev–Trinajstić information content (AvgIpc) is 2.55. The molecule has 0 fully saturated rings. The van der Waals surface area contributed by atoms with Gasteiger partial charge in [0.25, 0.3) is 0 Å². The van der Waals surface area contributed by atoms with Crippen LogP contribution in [-0.2, 0) is 11.3 Å². The molecule has 0 aliphatic rings. The van der Waals surface area contributed by atoms with Crippen molar-refractivity contribution in [3.63, 3.8) is 0 Å². The molecule has 0 radical (unpaired) electrons. The molecule has 1 aromatic heterocycles. The van der Waals surface area contributed by atoms with Crippen molar-refractivity contribution >= 4 is 11.6 Å². The molecule has 1 amide bonds. The van der Waals surface area contributed by atoms with Gasteiger partial charge in [-0.3, -0.25) is 9.78 Å². The number of carbonyl (C=O) groups excluding carboxylic acids is 1. The van der Waals surface area contributed by atoms with Crippen LogP contribution in [0.15, 0.2) is 42.7 Å². The van der Waals surface area contributed by atoms with Gasteiger partial charge >= 0.3 is 0 Å². The van der Waals surface area contributed by atoms with E-state index in [1.165, 1.54) is 0 Å². The second-order valence-electron chi connectivity index (χ2n) is 4.58. The summed E-state index contributed by atoms with van der Waals surface area (Å²) in [4.78, 5) is 16.0. The van der Waals surface area contributed by atoms with Crippen molar-refractivity contribution in [1.82, 2.24) is 10.3 Å². The van der Waals surface area contributed by atoms with Crippen LogP contribution >= 0.6 is 0 Å². The van der Waals surface area contributed by atoms with Crippen LogP contribution in [0.4, 0.5) is 5.69 Å². The molecule has 0 spiro atoms. The number of benzene rings is 1. The average molecular weight is 301 g/mol. The number of ether oxygens (including phenoxy) is 2. The molecule has 0 aliphatic carbocycles. The molecule has 2 N–H and O–H groups in total. The number of nitrogens with one attached hydrogen (secondary N) is 2. The minimum absolute atomic E-state index is 0.157. The van der Waals surface area contributed by atoms with E-state index in [4.69, 9.17) is 9.47 Å². The van der Waals surface area contributed by atoms with Gasteiger partial charge in [0.05, 0.1) is 26.5 Å². The molecule has 6 nitrogen and oxygen atoms in total. The first-order valence-corrected chi connectivity index (χ1v) is 6.84. The van der Waals surface area contributed by atoms with Gasteiger partial charge in [0.15, 0.2) is 0 Å². The summed E-state index contributed by atoms with van der Waals surface area (Å²) < 4.78 is 10.4. The van der Waals surface area contributed by atoms with E-state index in [2.05, 4.69) is 15.6 Å². The van der Waals surface area contributed by atoms with Gasteiger partial charge in [-0.2, -0.15) is 0 Å². The van der Waals surface area contributed by atoms with Crippen molar-refractivity contribution in [2.45, 2.75) is 6.54 Å². The van der Waals surface area contributed by atoms with E-state index >= 15 is 0 Å².